The predicted molar refractivity (Wildman–Crippen MR) is 70.8 cm³/mol. The number of ether oxygens (including phenoxy) is 2. The molecule has 0 aliphatic carbocycles. The highest BCUT2D eigenvalue weighted by atomic mass is 16.5. The van der Waals surface area contributed by atoms with Gasteiger partial charge in [-0.05, 0) is 32.3 Å². The van der Waals surface area contributed by atoms with Crippen LogP contribution in [-0.2, 0) is 4.74 Å². The molecule has 0 radical (unpaired) electrons. The number of hydrogen-bond donors (Lipinski definition) is 1. The molecule has 100 valence electrons. The zero-order valence-electron chi connectivity index (χ0n) is 11.1. The van der Waals surface area contributed by atoms with Crippen LogP contribution in [0.3, 0.4) is 0 Å². The van der Waals surface area contributed by atoms with E-state index in [2.05, 4.69) is 6.92 Å². The highest BCUT2D eigenvalue weighted by Crippen LogP contribution is 2.28. The Bertz CT molecular complexity index is 378. The zero-order valence-corrected chi connectivity index (χ0v) is 11.1. The van der Waals surface area contributed by atoms with Gasteiger partial charge in [0.15, 0.2) is 0 Å². The van der Waals surface area contributed by atoms with Gasteiger partial charge < -0.3 is 14.6 Å². The van der Waals surface area contributed by atoms with E-state index in [1.165, 1.54) is 0 Å². The lowest BCUT2D eigenvalue weighted by atomic mass is 10.1. The zero-order chi connectivity index (χ0) is 13.0. The fraction of sp³-hybridized carbons (Fsp3) is 0.600. The van der Waals surface area contributed by atoms with Crippen LogP contribution >= 0.6 is 0 Å². The van der Waals surface area contributed by atoms with E-state index < -0.39 is 6.10 Å². The van der Waals surface area contributed by atoms with Crippen LogP contribution in [0.2, 0.25) is 0 Å². The molecule has 1 N–H and O–H groups in total. The van der Waals surface area contributed by atoms with E-state index >= 15 is 0 Å². The van der Waals surface area contributed by atoms with Crippen LogP contribution in [0.15, 0.2) is 24.3 Å². The Morgan fingerprint density at radius 1 is 1.39 bits per heavy atom. The van der Waals surface area contributed by atoms with E-state index in [0.717, 1.165) is 24.2 Å². The van der Waals surface area contributed by atoms with Crippen LogP contribution in [-0.4, -0.2) is 23.9 Å². The lowest BCUT2D eigenvalue weighted by Crippen LogP contribution is -2.18. The van der Waals surface area contributed by atoms with Gasteiger partial charge in [-0.3, -0.25) is 0 Å². The first-order chi connectivity index (χ1) is 8.70. The minimum atomic E-state index is -0.454. The van der Waals surface area contributed by atoms with Gasteiger partial charge in [0, 0.05) is 5.56 Å². The van der Waals surface area contributed by atoms with Crippen molar-refractivity contribution in [3.05, 3.63) is 29.8 Å². The molecule has 1 aromatic rings. The van der Waals surface area contributed by atoms with E-state index in [1.54, 1.807) is 0 Å². The summed E-state index contributed by atoms with van der Waals surface area (Å²) in [7, 11) is 0. The molecule has 0 spiro atoms. The molecular weight excluding hydrogens is 228 g/mol. The molecule has 1 heterocycles. The molecule has 3 heteroatoms. The maximum Gasteiger partial charge on any atom is 0.125 e. The fourth-order valence-corrected chi connectivity index (χ4v) is 2.30. The van der Waals surface area contributed by atoms with Crippen molar-refractivity contribution in [2.24, 2.45) is 0 Å². The Morgan fingerprint density at radius 3 is 2.83 bits per heavy atom. The molecular formula is C15H22O3. The summed E-state index contributed by atoms with van der Waals surface area (Å²) in [6, 6.07) is 7.68. The SMILES string of the molecule is CC[C@@H](O)c1ccccc1OCC1CCC(C)O1. The number of benzene rings is 1. The average Bonchev–Trinajstić information content (AvgIpc) is 2.81. The first-order valence-corrected chi connectivity index (χ1v) is 6.76. The number of aliphatic hydroxyl groups excluding tert-OH is 1. The Labute approximate surface area is 109 Å². The molecule has 1 fully saturated rings. The number of aliphatic hydroxyl groups is 1. The van der Waals surface area contributed by atoms with Crippen LogP contribution in [0.4, 0.5) is 0 Å². The Morgan fingerprint density at radius 2 is 2.17 bits per heavy atom. The van der Waals surface area contributed by atoms with Gasteiger partial charge in [-0.2, -0.15) is 0 Å². The van der Waals surface area contributed by atoms with Gasteiger partial charge in [0.2, 0.25) is 0 Å². The van der Waals surface area contributed by atoms with Gasteiger partial charge in [0.1, 0.15) is 12.4 Å². The van der Waals surface area contributed by atoms with Crippen LogP contribution in [0.1, 0.15) is 44.8 Å². The molecule has 1 aliphatic heterocycles. The third-order valence-corrected chi connectivity index (χ3v) is 3.41. The minimum absolute atomic E-state index is 0.187. The molecule has 0 aromatic heterocycles. The predicted octanol–water partition coefficient (Wildman–Crippen LogP) is 3.08. The highest BCUT2D eigenvalue weighted by molar-refractivity contribution is 5.35. The number of rotatable bonds is 5. The summed E-state index contributed by atoms with van der Waals surface area (Å²) in [5, 5.41) is 9.93. The van der Waals surface area contributed by atoms with Crippen molar-refractivity contribution in [1.82, 2.24) is 0 Å². The number of hydrogen-bond acceptors (Lipinski definition) is 3. The molecule has 0 saturated carbocycles. The van der Waals surface area contributed by atoms with Crippen LogP contribution < -0.4 is 4.74 Å². The van der Waals surface area contributed by atoms with Crippen molar-refractivity contribution in [3.8, 4) is 5.75 Å². The van der Waals surface area contributed by atoms with Crippen molar-refractivity contribution in [2.45, 2.75) is 51.4 Å². The van der Waals surface area contributed by atoms with Gasteiger partial charge in [-0.25, -0.2) is 0 Å². The molecule has 1 saturated heterocycles. The molecule has 1 aromatic carbocycles. The van der Waals surface area contributed by atoms with Gasteiger partial charge in [-0.15, -0.1) is 0 Å². The largest absolute Gasteiger partial charge is 0.490 e. The molecule has 3 atom stereocenters. The monoisotopic (exact) mass is 250 g/mol. The lowest BCUT2D eigenvalue weighted by molar-refractivity contribution is 0.0255. The second-order valence-corrected chi connectivity index (χ2v) is 4.92. The highest BCUT2D eigenvalue weighted by Gasteiger charge is 2.22. The Kier molecular flexibility index (Phi) is 4.61. The standard InChI is InChI=1S/C15H22O3/c1-3-14(16)13-6-4-5-7-15(13)17-10-12-9-8-11(2)18-12/h4-7,11-12,14,16H,3,8-10H2,1-2H3/t11?,12?,14-/m1/s1. The molecule has 2 rings (SSSR count). The maximum absolute atomic E-state index is 9.93. The second kappa shape index (κ2) is 6.21. The third-order valence-electron chi connectivity index (χ3n) is 3.41. The second-order valence-electron chi connectivity index (χ2n) is 4.92. The van der Waals surface area contributed by atoms with Crippen molar-refractivity contribution in [2.75, 3.05) is 6.61 Å². The quantitative estimate of drug-likeness (QED) is 0.872. The van der Waals surface area contributed by atoms with Crippen LogP contribution in [0.25, 0.3) is 0 Å². The average molecular weight is 250 g/mol. The van der Waals surface area contributed by atoms with Crippen LogP contribution in [0, 0.1) is 0 Å². The third kappa shape index (κ3) is 3.24. The molecule has 0 bridgehead atoms. The van der Waals surface area contributed by atoms with Gasteiger partial charge in [-0.1, -0.05) is 25.1 Å². The Balaban J connectivity index is 1.96. The first-order valence-electron chi connectivity index (χ1n) is 6.76. The summed E-state index contributed by atoms with van der Waals surface area (Å²) < 4.78 is 11.5. The molecule has 0 amide bonds. The normalized spacial score (nSPS) is 25.1. The maximum atomic E-state index is 9.93. The summed E-state index contributed by atoms with van der Waals surface area (Å²) in [6.45, 7) is 4.62. The van der Waals surface area contributed by atoms with E-state index in [1.807, 2.05) is 31.2 Å². The summed E-state index contributed by atoms with van der Waals surface area (Å²) in [5.74, 6) is 0.773. The fourth-order valence-electron chi connectivity index (χ4n) is 2.30. The molecule has 18 heavy (non-hydrogen) atoms. The van der Waals surface area contributed by atoms with Gasteiger partial charge in [0.05, 0.1) is 18.3 Å². The van der Waals surface area contributed by atoms with Crippen LogP contribution in [0.5, 0.6) is 5.75 Å². The summed E-state index contributed by atoms with van der Waals surface area (Å²) >= 11 is 0. The van der Waals surface area contributed by atoms with Crippen molar-refractivity contribution >= 4 is 0 Å². The van der Waals surface area contributed by atoms with Gasteiger partial charge >= 0.3 is 0 Å². The van der Waals surface area contributed by atoms with Crippen molar-refractivity contribution < 1.29 is 14.6 Å². The van der Waals surface area contributed by atoms with Gasteiger partial charge in [0.25, 0.3) is 0 Å². The number of para-hydroxylation sites is 1. The topological polar surface area (TPSA) is 38.7 Å². The summed E-state index contributed by atoms with van der Waals surface area (Å²) in [6.07, 6.45) is 2.93. The first kappa shape index (κ1) is 13.4. The Hall–Kier alpha value is -1.06. The van der Waals surface area contributed by atoms with E-state index in [0.29, 0.717) is 19.1 Å². The van der Waals surface area contributed by atoms with Crippen molar-refractivity contribution in [1.29, 1.82) is 0 Å². The van der Waals surface area contributed by atoms with E-state index in [9.17, 15) is 5.11 Å². The van der Waals surface area contributed by atoms with E-state index in [-0.39, 0.29) is 6.10 Å². The smallest absolute Gasteiger partial charge is 0.125 e. The van der Waals surface area contributed by atoms with Crippen molar-refractivity contribution in [3.63, 3.8) is 0 Å². The molecule has 1 aliphatic rings. The molecule has 2 unspecified atom stereocenters. The minimum Gasteiger partial charge on any atom is -0.490 e. The lowest BCUT2D eigenvalue weighted by Gasteiger charge is -2.17. The molecule has 3 nitrogen and oxygen atoms in total. The summed E-state index contributed by atoms with van der Waals surface area (Å²) in [4.78, 5) is 0. The summed E-state index contributed by atoms with van der Waals surface area (Å²) in [5.41, 5.74) is 0.867. The van der Waals surface area contributed by atoms with E-state index in [4.69, 9.17) is 9.47 Å².